The van der Waals surface area contributed by atoms with Crippen LogP contribution in [0.5, 0.6) is 0 Å². The lowest BCUT2D eigenvalue weighted by atomic mass is 10.1. The summed E-state index contributed by atoms with van der Waals surface area (Å²) >= 11 is 0. The Balaban J connectivity index is 0. The van der Waals surface area contributed by atoms with Gasteiger partial charge >= 0.3 is 8.80 Å². The molecule has 0 aromatic carbocycles. The van der Waals surface area contributed by atoms with Gasteiger partial charge in [0.15, 0.2) is 0 Å². The molecule has 176 valence electrons. The van der Waals surface area contributed by atoms with Gasteiger partial charge in [-0.2, -0.15) is 0 Å². The van der Waals surface area contributed by atoms with Gasteiger partial charge in [0.05, 0.1) is 0 Å². The Labute approximate surface area is 185 Å². The fraction of sp³-hybridized carbons (Fsp3) is 0.913. The lowest BCUT2D eigenvalue weighted by molar-refractivity contribution is 0.0706. The zero-order chi connectivity index (χ0) is 22.4. The van der Waals surface area contributed by atoms with Gasteiger partial charge in [-0.1, -0.05) is 64.0 Å². The average molecular weight is 449 g/mol. The quantitative estimate of drug-likeness (QED) is 0.151. The smallest absolute Gasteiger partial charge is 0.414 e. The molecule has 0 unspecified atom stereocenters. The molecule has 29 heavy (non-hydrogen) atoms. The third kappa shape index (κ3) is 19.7. The molecule has 0 aromatic rings. The normalized spacial score (nSPS) is 11.8. The van der Waals surface area contributed by atoms with E-state index in [1.165, 1.54) is 57.8 Å². The van der Waals surface area contributed by atoms with Crippen molar-refractivity contribution >= 4 is 17.1 Å². The highest BCUT2D eigenvalue weighted by molar-refractivity contribution is 6.76. The molecule has 0 radical (unpaired) electrons. The number of hydrogen-bond acceptors (Lipinski definition) is 4. The molecule has 0 aromatic heterocycles. The van der Waals surface area contributed by atoms with Crippen molar-refractivity contribution in [3.63, 3.8) is 0 Å². The molecule has 0 aliphatic carbocycles. The Bertz CT molecular complexity index is 335. The SMILES string of the molecule is C=C[Si](C)(C)OCC.CCCCCCCCCCC[Si](OCC)(OCC)OCC. The highest BCUT2D eigenvalue weighted by atomic mass is 28.4. The van der Waals surface area contributed by atoms with Crippen LogP contribution in [-0.2, 0) is 17.7 Å². The largest absolute Gasteiger partial charge is 0.500 e. The van der Waals surface area contributed by atoms with Gasteiger partial charge < -0.3 is 17.7 Å². The first kappa shape index (κ1) is 31.2. The van der Waals surface area contributed by atoms with Crippen molar-refractivity contribution in [2.75, 3.05) is 26.4 Å². The second kappa shape index (κ2) is 21.3. The highest BCUT2D eigenvalue weighted by Crippen LogP contribution is 2.20. The van der Waals surface area contributed by atoms with Crippen LogP contribution in [-0.4, -0.2) is 43.5 Å². The summed E-state index contributed by atoms with van der Waals surface area (Å²) in [4.78, 5) is 0. The molecule has 0 heterocycles. The third-order valence-electron chi connectivity index (χ3n) is 4.69. The van der Waals surface area contributed by atoms with E-state index >= 15 is 0 Å². The minimum absolute atomic E-state index is 0.684. The summed E-state index contributed by atoms with van der Waals surface area (Å²) in [6, 6.07) is 0.971. The molecule has 0 atom stereocenters. The number of unbranched alkanes of at least 4 members (excludes halogenated alkanes) is 8. The molecule has 4 nitrogen and oxygen atoms in total. The third-order valence-corrected chi connectivity index (χ3v) is 9.85. The van der Waals surface area contributed by atoms with Gasteiger partial charge in [0.1, 0.15) is 0 Å². The molecule has 0 aliphatic heterocycles. The maximum absolute atomic E-state index is 5.88. The molecule has 0 amide bonds. The van der Waals surface area contributed by atoms with Gasteiger partial charge in [-0.3, -0.25) is 0 Å². The van der Waals surface area contributed by atoms with Crippen molar-refractivity contribution in [1.82, 2.24) is 0 Å². The first-order valence-electron chi connectivity index (χ1n) is 12.1. The van der Waals surface area contributed by atoms with E-state index in [9.17, 15) is 0 Å². The fourth-order valence-electron chi connectivity index (χ4n) is 3.08. The van der Waals surface area contributed by atoms with E-state index in [0.29, 0.717) is 19.8 Å². The second-order valence-corrected chi connectivity index (χ2v) is 14.4. The van der Waals surface area contributed by atoms with Gasteiger partial charge in [0.25, 0.3) is 0 Å². The monoisotopic (exact) mass is 448 g/mol. The molecular formula is C23H52O4Si2. The van der Waals surface area contributed by atoms with Crippen LogP contribution in [0, 0.1) is 0 Å². The molecule has 0 N–H and O–H groups in total. The van der Waals surface area contributed by atoms with Crippen molar-refractivity contribution in [3.05, 3.63) is 12.3 Å². The van der Waals surface area contributed by atoms with Crippen LogP contribution in [0.3, 0.4) is 0 Å². The minimum atomic E-state index is -2.38. The van der Waals surface area contributed by atoms with Crippen LogP contribution in [0.2, 0.25) is 19.1 Å². The molecular weight excluding hydrogens is 396 g/mol. The summed E-state index contributed by atoms with van der Waals surface area (Å²) in [6.45, 7) is 21.2. The molecule has 0 rings (SSSR count). The number of rotatable bonds is 19. The van der Waals surface area contributed by atoms with Crippen molar-refractivity contribution in [3.8, 4) is 0 Å². The summed E-state index contributed by atoms with van der Waals surface area (Å²) in [7, 11) is -3.80. The standard InChI is InChI=1S/C17H38O3Si.C6H14OSi/c1-5-9-10-11-12-13-14-15-16-17-21(18-6-2,19-7-3)20-8-4;1-5-7-8(3,4)6-2/h5-17H2,1-4H3;6H,2,5H2,1,3-4H3. The Morgan fingerprint density at radius 3 is 1.28 bits per heavy atom. The minimum Gasteiger partial charge on any atom is -0.414 e. The Kier molecular flexibility index (Phi) is 22.9. The van der Waals surface area contributed by atoms with E-state index in [1.54, 1.807) is 0 Å². The van der Waals surface area contributed by atoms with E-state index in [2.05, 4.69) is 26.6 Å². The van der Waals surface area contributed by atoms with Gasteiger partial charge in [0.2, 0.25) is 8.32 Å². The summed E-state index contributed by atoms with van der Waals surface area (Å²) in [5.41, 5.74) is 1.94. The predicted octanol–water partition coefficient (Wildman–Crippen LogP) is 7.52. The average Bonchev–Trinajstić information content (AvgIpc) is 2.68. The number of hydrogen-bond donors (Lipinski definition) is 0. The van der Waals surface area contributed by atoms with E-state index in [0.717, 1.165) is 12.7 Å². The summed E-state index contributed by atoms with van der Waals surface area (Å²) in [5.74, 6) is 0. The van der Waals surface area contributed by atoms with Crippen molar-refractivity contribution < 1.29 is 17.7 Å². The van der Waals surface area contributed by atoms with Crippen LogP contribution in [0.4, 0.5) is 0 Å². The summed E-state index contributed by atoms with van der Waals surface area (Å²) < 4.78 is 23.0. The predicted molar refractivity (Wildman–Crippen MR) is 132 cm³/mol. The molecule has 0 spiro atoms. The maximum atomic E-state index is 5.88. The van der Waals surface area contributed by atoms with Gasteiger partial charge in [-0.05, 0) is 47.2 Å². The Morgan fingerprint density at radius 1 is 0.586 bits per heavy atom. The van der Waals surface area contributed by atoms with Crippen LogP contribution in [0.1, 0.15) is 92.4 Å². The zero-order valence-corrected chi connectivity index (χ0v) is 22.8. The fourth-order valence-corrected chi connectivity index (χ4v) is 6.63. The van der Waals surface area contributed by atoms with E-state index in [1.807, 2.05) is 33.4 Å². The van der Waals surface area contributed by atoms with Crippen molar-refractivity contribution in [1.29, 1.82) is 0 Å². The highest BCUT2D eigenvalue weighted by Gasteiger charge is 2.39. The van der Waals surface area contributed by atoms with Gasteiger partial charge in [-0.25, -0.2) is 0 Å². The Morgan fingerprint density at radius 2 is 0.966 bits per heavy atom. The lowest BCUT2D eigenvalue weighted by Crippen LogP contribution is -2.45. The zero-order valence-electron chi connectivity index (χ0n) is 20.8. The molecule has 0 bridgehead atoms. The topological polar surface area (TPSA) is 36.9 Å². The van der Waals surface area contributed by atoms with Gasteiger partial charge in [0, 0.05) is 32.5 Å². The Hall–Kier alpha value is 0.0138. The van der Waals surface area contributed by atoms with Gasteiger partial charge in [-0.15, -0.1) is 6.58 Å². The van der Waals surface area contributed by atoms with Crippen molar-refractivity contribution in [2.24, 2.45) is 0 Å². The molecule has 0 saturated heterocycles. The maximum Gasteiger partial charge on any atom is 0.500 e. The molecule has 6 heteroatoms. The lowest BCUT2D eigenvalue weighted by Gasteiger charge is -2.28. The molecule has 0 aliphatic rings. The summed E-state index contributed by atoms with van der Waals surface area (Å²) in [5, 5.41) is 0. The van der Waals surface area contributed by atoms with Crippen molar-refractivity contribution in [2.45, 2.75) is 112 Å². The van der Waals surface area contributed by atoms with E-state index < -0.39 is 17.1 Å². The molecule has 0 fully saturated rings. The first-order chi connectivity index (χ1) is 13.9. The van der Waals surface area contributed by atoms with Crippen LogP contribution < -0.4 is 0 Å². The van der Waals surface area contributed by atoms with E-state index in [-0.39, 0.29) is 0 Å². The summed E-state index contributed by atoms with van der Waals surface area (Å²) in [6.07, 6.45) is 12.1. The van der Waals surface area contributed by atoms with Crippen LogP contribution in [0.25, 0.3) is 0 Å². The van der Waals surface area contributed by atoms with E-state index in [4.69, 9.17) is 17.7 Å². The second-order valence-electron chi connectivity index (χ2n) is 7.80. The first-order valence-corrected chi connectivity index (χ1v) is 17.0. The molecule has 0 saturated carbocycles. The van der Waals surface area contributed by atoms with Crippen LogP contribution >= 0.6 is 0 Å². The van der Waals surface area contributed by atoms with Crippen LogP contribution in [0.15, 0.2) is 12.3 Å².